The van der Waals surface area contributed by atoms with E-state index >= 15 is 0 Å². The predicted octanol–water partition coefficient (Wildman–Crippen LogP) is 0.781. The van der Waals surface area contributed by atoms with Crippen LogP contribution in [-0.2, 0) is 11.3 Å². The Bertz CT molecular complexity index is 288. The lowest BCUT2D eigenvalue weighted by atomic mass is 10.5. The highest BCUT2D eigenvalue weighted by Crippen LogP contribution is 2.09. The minimum Gasteiger partial charge on any atom is -0.477 e. The summed E-state index contributed by atoms with van der Waals surface area (Å²) < 4.78 is 1.65. The van der Waals surface area contributed by atoms with Gasteiger partial charge in [-0.1, -0.05) is 0 Å². The van der Waals surface area contributed by atoms with Crippen molar-refractivity contribution in [2.75, 3.05) is 6.26 Å². The highest BCUT2D eigenvalue weighted by Gasteiger charge is 2.06. The molecule has 1 aromatic rings. The highest BCUT2D eigenvalue weighted by atomic mass is 32.2. The topological polar surface area (TPSA) is 41.2 Å². The van der Waals surface area contributed by atoms with Gasteiger partial charge >= 0.3 is 5.97 Å². The molecule has 3 nitrogen and oxygen atoms in total. The number of rotatable bonds is 3. The first-order valence-electron chi connectivity index (χ1n) is 3.47. The first-order chi connectivity index (χ1) is 5.72. The Kier molecular flexibility index (Phi) is 3.10. The maximum atomic E-state index is 10.3. The summed E-state index contributed by atoms with van der Waals surface area (Å²) in [5.41, 5.74) is 0. The molecule has 0 amide bonds. The van der Waals surface area contributed by atoms with E-state index in [4.69, 9.17) is 5.11 Å². The van der Waals surface area contributed by atoms with Crippen molar-refractivity contribution in [1.82, 2.24) is 0 Å². The number of nitrogens with zero attached hydrogens (tertiary/aromatic N) is 1. The fourth-order valence-corrected chi connectivity index (χ4v) is 1.33. The minimum absolute atomic E-state index is 0.0222. The average molecular weight is 184 g/mol. The van der Waals surface area contributed by atoms with Gasteiger partial charge < -0.3 is 5.11 Å². The fourth-order valence-electron chi connectivity index (χ4n) is 0.873. The average Bonchev–Trinajstić information content (AvgIpc) is 2.03. The Labute approximate surface area is 75.0 Å². The lowest BCUT2D eigenvalue weighted by Gasteiger charge is -1.94. The largest absolute Gasteiger partial charge is 0.477 e. The van der Waals surface area contributed by atoms with Crippen LogP contribution in [0.4, 0.5) is 0 Å². The molecule has 0 aliphatic heterocycles. The summed E-state index contributed by atoms with van der Waals surface area (Å²) in [6.45, 7) is 0.0222. The number of carboxylic acid groups (broad SMARTS) is 1. The van der Waals surface area contributed by atoms with Crippen LogP contribution in [0.2, 0.25) is 0 Å². The molecular formula is C8H10NO2S+. The molecule has 1 heterocycles. The lowest BCUT2D eigenvalue weighted by Crippen LogP contribution is -2.37. The third kappa shape index (κ3) is 2.54. The summed E-state index contributed by atoms with van der Waals surface area (Å²) in [6.07, 6.45) is 5.52. The molecule has 0 atom stereocenters. The molecule has 4 heteroatoms. The van der Waals surface area contributed by atoms with Gasteiger partial charge in [-0.2, -0.15) is 4.57 Å². The minimum atomic E-state index is -0.821. The van der Waals surface area contributed by atoms with Crippen molar-refractivity contribution in [1.29, 1.82) is 0 Å². The van der Waals surface area contributed by atoms with Gasteiger partial charge in [0.05, 0.1) is 4.90 Å². The van der Waals surface area contributed by atoms with Gasteiger partial charge in [-0.25, -0.2) is 4.79 Å². The van der Waals surface area contributed by atoms with E-state index in [1.54, 1.807) is 22.5 Å². The van der Waals surface area contributed by atoms with E-state index in [2.05, 4.69) is 0 Å². The van der Waals surface area contributed by atoms with E-state index in [0.717, 1.165) is 4.90 Å². The summed E-state index contributed by atoms with van der Waals surface area (Å²) in [5, 5.41) is 8.50. The molecule has 0 radical (unpaired) electrons. The number of aliphatic carboxylic acids is 1. The van der Waals surface area contributed by atoms with Crippen molar-refractivity contribution >= 4 is 17.7 Å². The van der Waals surface area contributed by atoms with Crippen molar-refractivity contribution in [3.8, 4) is 0 Å². The van der Waals surface area contributed by atoms with Crippen LogP contribution in [0.5, 0.6) is 0 Å². The Morgan fingerprint density at radius 3 is 3.08 bits per heavy atom. The standard InChI is InChI=1S/C8H9NO2S/c1-12-7-3-2-4-9(5-7)6-8(10)11/h2-5H,6H2,1H3/p+1. The van der Waals surface area contributed by atoms with E-state index in [1.807, 2.05) is 24.6 Å². The number of thioether (sulfide) groups is 1. The Hall–Kier alpha value is -1.03. The molecule has 1 rings (SSSR count). The molecule has 0 saturated carbocycles. The second-order valence-corrected chi connectivity index (χ2v) is 3.19. The molecule has 1 aromatic heterocycles. The van der Waals surface area contributed by atoms with Gasteiger partial charge in [-0.3, -0.25) is 0 Å². The summed E-state index contributed by atoms with van der Waals surface area (Å²) in [4.78, 5) is 11.4. The molecule has 0 bridgehead atoms. The third-order valence-corrected chi connectivity index (χ3v) is 2.10. The first-order valence-corrected chi connectivity index (χ1v) is 4.70. The molecule has 1 N–H and O–H groups in total. The molecule has 0 aromatic carbocycles. The summed E-state index contributed by atoms with van der Waals surface area (Å²) in [6, 6.07) is 3.79. The van der Waals surface area contributed by atoms with Crippen LogP contribution < -0.4 is 4.57 Å². The van der Waals surface area contributed by atoms with E-state index in [9.17, 15) is 4.79 Å². The van der Waals surface area contributed by atoms with E-state index < -0.39 is 5.97 Å². The van der Waals surface area contributed by atoms with Crippen molar-refractivity contribution in [3.05, 3.63) is 24.5 Å². The molecule has 64 valence electrons. The lowest BCUT2D eigenvalue weighted by molar-refractivity contribution is -0.687. The summed E-state index contributed by atoms with van der Waals surface area (Å²) in [5.74, 6) is -0.821. The molecular weight excluding hydrogens is 174 g/mol. The molecule has 0 aliphatic rings. The molecule has 0 unspecified atom stereocenters. The summed E-state index contributed by atoms with van der Waals surface area (Å²) in [7, 11) is 0. The molecule has 0 aliphatic carbocycles. The smallest absolute Gasteiger partial charge is 0.370 e. The maximum Gasteiger partial charge on any atom is 0.370 e. The molecule has 0 spiro atoms. The first kappa shape index (κ1) is 9.06. The van der Waals surface area contributed by atoms with Crippen LogP contribution in [0, 0.1) is 0 Å². The fraction of sp³-hybridized carbons (Fsp3) is 0.250. The van der Waals surface area contributed by atoms with Gasteiger partial charge in [0.25, 0.3) is 0 Å². The monoisotopic (exact) mass is 184 g/mol. The van der Waals surface area contributed by atoms with Crippen LogP contribution in [-0.4, -0.2) is 17.3 Å². The van der Waals surface area contributed by atoms with Crippen LogP contribution >= 0.6 is 11.8 Å². The Morgan fingerprint density at radius 1 is 1.75 bits per heavy atom. The zero-order chi connectivity index (χ0) is 8.97. The van der Waals surface area contributed by atoms with Crippen LogP contribution in [0.3, 0.4) is 0 Å². The normalized spacial score (nSPS) is 9.75. The number of hydrogen-bond donors (Lipinski definition) is 1. The zero-order valence-electron chi connectivity index (χ0n) is 6.73. The van der Waals surface area contributed by atoms with E-state index in [-0.39, 0.29) is 6.54 Å². The SMILES string of the molecule is CSc1ccc[n+](CC(=O)O)c1. The van der Waals surface area contributed by atoms with Gasteiger partial charge in [-0.15, -0.1) is 11.8 Å². The number of aromatic nitrogens is 1. The van der Waals surface area contributed by atoms with Gasteiger partial charge in [0, 0.05) is 6.07 Å². The van der Waals surface area contributed by atoms with Crippen molar-refractivity contribution in [2.45, 2.75) is 11.4 Å². The third-order valence-electron chi connectivity index (χ3n) is 1.38. The van der Waals surface area contributed by atoms with Crippen molar-refractivity contribution in [3.63, 3.8) is 0 Å². The quantitative estimate of drug-likeness (QED) is 0.557. The van der Waals surface area contributed by atoms with Crippen LogP contribution in [0.1, 0.15) is 0 Å². The van der Waals surface area contributed by atoms with Gasteiger partial charge in [-0.05, 0) is 12.3 Å². The second kappa shape index (κ2) is 4.11. The summed E-state index contributed by atoms with van der Waals surface area (Å²) >= 11 is 1.60. The number of hydrogen-bond acceptors (Lipinski definition) is 2. The number of carboxylic acids is 1. The van der Waals surface area contributed by atoms with Crippen LogP contribution in [0.15, 0.2) is 29.4 Å². The molecule has 0 saturated heterocycles. The van der Waals surface area contributed by atoms with Crippen molar-refractivity contribution < 1.29 is 14.5 Å². The Balaban J connectivity index is 2.79. The maximum absolute atomic E-state index is 10.3. The van der Waals surface area contributed by atoms with Crippen LogP contribution in [0.25, 0.3) is 0 Å². The van der Waals surface area contributed by atoms with Gasteiger partial charge in [0.15, 0.2) is 12.4 Å². The van der Waals surface area contributed by atoms with E-state index in [1.165, 1.54) is 0 Å². The zero-order valence-corrected chi connectivity index (χ0v) is 7.54. The van der Waals surface area contributed by atoms with Crippen molar-refractivity contribution in [2.24, 2.45) is 0 Å². The molecule has 0 fully saturated rings. The number of carbonyl (C=O) groups is 1. The predicted molar refractivity (Wildman–Crippen MR) is 46.1 cm³/mol. The van der Waals surface area contributed by atoms with Gasteiger partial charge in [0.1, 0.15) is 0 Å². The second-order valence-electron chi connectivity index (χ2n) is 2.31. The molecule has 12 heavy (non-hydrogen) atoms. The number of pyridine rings is 1. The van der Waals surface area contributed by atoms with Gasteiger partial charge in [0.2, 0.25) is 6.54 Å². The Morgan fingerprint density at radius 2 is 2.50 bits per heavy atom. The van der Waals surface area contributed by atoms with E-state index in [0.29, 0.717) is 0 Å². The highest BCUT2D eigenvalue weighted by molar-refractivity contribution is 7.98.